The van der Waals surface area contributed by atoms with Crippen LogP contribution in [0.3, 0.4) is 0 Å². The van der Waals surface area contributed by atoms with Crippen LogP contribution in [0.25, 0.3) is 0 Å². The van der Waals surface area contributed by atoms with Gasteiger partial charge in [0.25, 0.3) is 0 Å². The van der Waals surface area contributed by atoms with Crippen LogP contribution < -0.4 is 0 Å². The average Bonchev–Trinajstić information content (AvgIpc) is 2.05. The summed E-state index contributed by atoms with van der Waals surface area (Å²) in [5.41, 5.74) is -0.107. The van der Waals surface area contributed by atoms with Crippen molar-refractivity contribution in [1.82, 2.24) is 0 Å². The second-order valence-corrected chi connectivity index (χ2v) is 3.06. The molecule has 0 aliphatic carbocycles. The molecule has 0 aromatic carbocycles. The van der Waals surface area contributed by atoms with Gasteiger partial charge in [0.2, 0.25) is 0 Å². The number of ether oxygens (including phenoxy) is 1. The lowest BCUT2D eigenvalue weighted by atomic mass is 9.95. The van der Waals surface area contributed by atoms with Gasteiger partial charge in [-0.15, -0.1) is 24.8 Å². The summed E-state index contributed by atoms with van der Waals surface area (Å²) in [5.74, 6) is 0.535. The van der Waals surface area contributed by atoms with Gasteiger partial charge in [0.1, 0.15) is 0 Å². The first-order chi connectivity index (χ1) is 5.18. The van der Waals surface area contributed by atoms with Gasteiger partial charge in [-0.05, 0) is 0 Å². The Morgan fingerprint density at radius 2 is 2.18 bits per heavy atom. The zero-order valence-electron chi connectivity index (χ0n) is 6.98. The van der Waals surface area contributed by atoms with E-state index < -0.39 is 0 Å². The Hall–Kier alpha value is -0.270. The van der Waals surface area contributed by atoms with E-state index in [-0.39, 0.29) is 5.41 Å². The predicted octanol–water partition coefficient (Wildman–Crippen LogP) is 2.62. The SMILES string of the molecule is C=CCOCC(C)(C=C)CCl. The zero-order chi connectivity index (χ0) is 8.74. The van der Waals surface area contributed by atoms with Crippen molar-refractivity contribution < 1.29 is 4.74 Å². The summed E-state index contributed by atoms with van der Waals surface area (Å²) in [6.07, 6.45) is 3.54. The summed E-state index contributed by atoms with van der Waals surface area (Å²) in [4.78, 5) is 0. The van der Waals surface area contributed by atoms with Crippen LogP contribution in [0.4, 0.5) is 0 Å². The maximum absolute atomic E-state index is 5.71. The van der Waals surface area contributed by atoms with Crippen molar-refractivity contribution in [2.75, 3.05) is 19.1 Å². The lowest BCUT2D eigenvalue weighted by Gasteiger charge is -2.21. The molecule has 0 aromatic rings. The van der Waals surface area contributed by atoms with Crippen LogP contribution in [0.15, 0.2) is 25.3 Å². The third kappa shape index (κ3) is 4.23. The Morgan fingerprint density at radius 3 is 2.55 bits per heavy atom. The Kier molecular flexibility index (Phi) is 5.26. The summed E-state index contributed by atoms with van der Waals surface area (Å²) in [6.45, 7) is 10.4. The van der Waals surface area contributed by atoms with Gasteiger partial charge in [-0.3, -0.25) is 0 Å². The van der Waals surface area contributed by atoms with Crippen molar-refractivity contribution in [2.45, 2.75) is 6.92 Å². The van der Waals surface area contributed by atoms with Crippen LogP contribution in [0.2, 0.25) is 0 Å². The molecule has 1 nitrogen and oxygen atoms in total. The van der Waals surface area contributed by atoms with E-state index in [4.69, 9.17) is 16.3 Å². The highest BCUT2D eigenvalue weighted by Gasteiger charge is 2.18. The van der Waals surface area contributed by atoms with Crippen molar-refractivity contribution in [3.63, 3.8) is 0 Å². The summed E-state index contributed by atoms with van der Waals surface area (Å²) >= 11 is 5.71. The second kappa shape index (κ2) is 5.39. The topological polar surface area (TPSA) is 9.23 Å². The fourth-order valence-electron chi connectivity index (χ4n) is 0.527. The lowest BCUT2D eigenvalue weighted by Crippen LogP contribution is -2.22. The van der Waals surface area contributed by atoms with Crippen LogP contribution in [0, 0.1) is 5.41 Å². The molecule has 0 aromatic heterocycles. The van der Waals surface area contributed by atoms with Crippen molar-refractivity contribution in [3.8, 4) is 0 Å². The molecule has 0 radical (unpaired) electrons. The maximum Gasteiger partial charge on any atom is 0.0645 e. The highest BCUT2D eigenvalue weighted by atomic mass is 35.5. The van der Waals surface area contributed by atoms with E-state index >= 15 is 0 Å². The minimum atomic E-state index is -0.107. The maximum atomic E-state index is 5.71. The largest absolute Gasteiger partial charge is 0.376 e. The molecule has 0 aliphatic rings. The number of hydrogen-bond donors (Lipinski definition) is 0. The zero-order valence-corrected chi connectivity index (χ0v) is 7.73. The fourth-order valence-corrected chi connectivity index (χ4v) is 0.714. The normalized spacial score (nSPS) is 15.5. The van der Waals surface area contributed by atoms with Crippen LogP contribution in [0.5, 0.6) is 0 Å². The van der Waals surface area contributed by atoms with Crippen molar-refractivity contribution in [1.29, 1.82) is 0 Å². The van der Waals surface area contributed by atoms with Gasteiger partial charge in [0.15, 0.2) is 0 Å². The number of hydrogen-bond acceptors (Lipinski definition) is 1. The van der Waals surface area contributed by atoms with E-state index in [2.05, 4.69) is 13.2 Å². The van der Waals surface area contributed by atoms with Crippen LogP contribution >= 0.6 is 11.6 Å². The summed E-state index contributed by atoms with van der Waals surface area (Å²) < 4.78 is 5.26. The molecule has 0 fully saturated rings. The predicted molar refractivity (Wildman–Crippen MR) is 50.0 cm³/mol. The van der Waals surface area contributed by atoms with E-state index in [1.807, 2.05) is 13.0 Å². The van der Waals surface area contributed by atoms with E-state index in [9.17, 15) is 0 Å². The molecule has 0 spiro atoms. The molecular formula is C9H15ClO. The number of halogens is 1. The van der Waals surface area contributed by atoms with E-state index in [0.717, 1.165) is 0 Å². The molecule has 0 aliphatic heterocycles. The van der Waals surface area contributed by atoms with Crippen molar-refractivity contribution in [3.05, 3.63) is 25.3 Å². The smallest absolute Gasteiger partial charge is 0.0645 e. The molecule has 0 heterocycles. The van der Waals surface area contributed by atoms with Gasteiger partial charge in [-0.1, -0.05) is 19.1 Å². The van der Waals surface area contributed by atoms with Gasteiger partial charge >= 0.3 is 0 Å². The fraction of sp³-hybridized carbons (Fsp3) is 0.556. The Labute approximate surface area is 73.7 Å². The number of alkyl halides is 1. The Balaban J connectivity index is 3.68. The molecule has 0 amide bonds. The Bertz CT molecular complexity index is 134. The summed E-state index contributed by atoms with van der Waals surface area (Å²) in [5, 5.41) is 0. The molecule has 2 heteroatoms. The number of rotatable bonds is 6. The van der Waals surface area contributed by atoms with Gasteiger partial charge in [0.05, 0.1) is 13.2 Å². The first-order valence-corrected chi connectivity index (χ1v) is 4.10. The molecular weight excluding hydrogens is 160 g/mol. The van der Waals surface area contributed by atoms with Crippen molar-refractivity contribution >= 4 is 11.6 Å². The van der Waals surface area contributed by atoms with E-state index in [1.165, 1.54) is 0 Å². The second-order valence-electron chi connectivity index (χ2n) is 2.80. The van der Waals surface area contributed by atoms with Crippen LogP contribution in [0.1, 0.15) is 6.92 Å². The first kappa shape index (κ1) is 10.7. The van der Waals surface area contributed by atoms with E-state index in [1.54, 1.807) is 6.08 Å². The van der Waals surface area contributed by atoms with Gasteiger partial charge in [0, 0.05) is 11.3 Å². The van der Waals surface area contributed by atoms with Crippen LogP contribution in [-0.4, -0.2) is 19.1 Å². The summed E-state index contributed by atoms with van der Waals surface area (Å²) in [7, 11) is 0. The first-order valence-electron chi connectivity index (χ1n) is 3.57. The average molecular weight is 175 g/mol. The van der Waals surface area contributed by atoms with Crippen LogP contribution in [-0.2, 0) is 4.74 Å². The molecule has 1 atom stereocenters. The molecule has 0 rings (SSSR count). The minimum absolute atomic E-state index is 0.107. The highest BCUT2D eigenvalue weighted by molar-refractivity contribution is 6.18. The lowest BCUT2D eigenvalue weighted by molar-refractivity contribution is 0.107. The standard InChI is InChI=1S/C9H15ClO/c1-4-6-11-8-9(3,5-2)7-10/h4-5H,1-2,6-8H2,3H3. The molecule has 11 heavy (non-hydrogen) atoms. The molecule has 64 valence electrons. The van der Waals surface area contributed by atoms with Gasteiger partial charge in [-0.25, -0.2) is 0 Å². The third-order valence-corrected chi connectivity index (χ3v) is 2.08. The van der Waals surface area contributed by atoms with Gasteiger partial charge < -0.3 is 4.74 Å². The van der Waals surface area contributed by atoms with Gasteiger partial charge in [-0.2, -0.15) is 0 Å². The molecule has 0 N–H and O–H groups in total. The van der Waals surface area contributed by atoms with E-state index in [0.29, 0.717) is 19.1 Å². The molecule has 1 unspecified atom stereocenters. The monoisotopic (exact) mass is 174 g/mol. The minimum Gasteiger partial charge on any atom is -0.376 e. The Morgan fingerprint density at radius 1 is 1.55 bits per heavy atom. The van der Waals surface area contributed by atoms with Crippen molar-refractivity contribution in [2.24, 2.45) is 5.41 Å². The quantitative estimate of drug-likeness (QED) is 0.342. The highest BCUT2D eigenvalue weighted by Crippen LogP contribution is 2.19. The molecule has 0 saturated heterocycles. The molecule has 0 bridgehead atoms. The molecule has 0 saturated carbocycles. The third-order valence-electron chi connectivity index (χ3n) is 1.47. The summed E-state index contributed by atoms with van der Waals surface area (Å²) in [6, 6.07) is 0.